The van der Waals surface area contributed by atoms with Crippen LogP contribution in [0.2, 0.25) is 0 Å². The summed E-state index contributed by atoms with van der Waals surface area (Å²) in [5, 5.41) is 2.47. The number of benzene rings is 2. The number of halogens is 2. The molecule has 1 atom stereocenters. The van der Waals surface area contributed by atoms with Crippen LogP contribution < -0.4 is 14.8 Å². The number of alkyl halides is 2. The summed E-state index contributed by atoms with van der Waals surface area (Å²) in [5.41, 5.74) is 3.35. The molecule has 1 unspecified atom stereocenters. The predicted molar refractivity (Wildman–Crippen MR) is 108 cm³/mol. The molecular formula is C22H24F2N2O4. The van der Waals surface area contributed by atoms with Crippen LogP contribution in [0.4, 0.5) is 14.5 Å². The molecule has 0 aliphatic carbocycles. The number of methoxy groups -OCH3 is 1. The smallest absolute Gasteiger partial charge is 0.387 e. The van der Waals surface area contributed by atoms with Gasteiger partial charge in [0.15, 0.2) is 11.5 Å². The van der Waals surface area contributed by atoms with E-state index in [0.717, 1.165) is 29.5 Å². The first-order chi connectivity index (χ1) is 14.3. The van der Waals surface area contributed by atoms with Crippen molar-refractivity contribution in [1.82, 2.24) is 4.90 Å². The second-order valence-corrected chi connectivity index (χ2v) is 7.28. The number of nitrogens with zero attached hydrogens (tertiary/aromatic N) is 1. The van der Waals surface area contributed by atoms with Gasteiger partial charge < -0.3 is 19.7 Å². The summed E-state index contributed by atoms with van der Waals surface area (Å²) in [7, 11) is 1.32. The third-order valence-corrected chi connectivity index (χ3v) is 4.97. The van der Waals surface area contributed by atoms with Gasteiger partial charge in [-0.3, -0.25) is 9.59 Å². The molecule has 0 radical (unpaired) electrons. The number of aryl methyl sites for hydroxylation is 2. The molecule has 1 aliphatic heterocycles. The molecule has 30 heavy (non-hydrogen) atoms. The first-order valence-corrected chi connectivity index (χ1v) is 9.61. The summed E-state index contributed by atoms with van der Waals surface area (Å²) in [6.07, 6.45) is 1.57. The maximum Gasteiger partial charge on any atom is 0.387 e. The van der Waals surface area contributed by atoms with E-state index in [2.05, 4.69) is 16.1 Å². The number of hydrogen-bond acceptors (Lipinski definition) is 4. The Balaban J connectivity index is 1.76. The lowest BCUT2D eigenvalue weighted by Crippen LogP contribution is -2.39. The van der Waals surface area contributed by atoms with E-state index in [1.807, 2.05) is 26.0 Å². The fourth-order valence-electron chi connectivity index (χ4n) is 3.82. The van der Waals surface area contributed by atoms with Crippen LogP contribution in [0.15, 0.2) is 36.4 Å². The molecule has 2 aromatic carbocycles. The van der Waals surface area contributed by atoms with Crippen molar-refractivity contribution in [3.8, 4) is 11.5 Å². The molecule has 1 heterocycles. The molecule has 2 aromatic rings. The number of hydrogen-bond donors (Lipinski definition) is 1. The van der Waals surface area contributed by atoms with E-state index in [1.165, 1.54) is 25.3 Å². The van der Waals surface area contributed by atoms with Crippen LogP contribution in [0, 0.1) is 13.8 Å². The van der Waals surface area contributed by atoms with Gasteiger partial charge in [0.25, 0.3) is 0 Å². The van der Waals surface area contributed by atoms with Crippen LogP contribution in [0.3, 0.4) is 0 Å². The van der Waals surface area contributed by atoms with E-state index < -0.39 is 18.4 Å². The molecule has 2 amide bonds. The lowest BCUT2D eigenvalue weighted by Gasteiger charge is -2.25. The van der Waals surface area contributed by atoms with Crippen LogP contribution in [0.1, 0.15) is 35.6 Å². The molecule has 0 saturated carbocycles. The standard InChI is InChI=1S/C22H24F2N2O4/c1-13-9-14(2)11-15(10-13)17-5-4-8-26(17)21(28)20(27)25-16-6-7-18(29-3)19(12-16)30-22(23)24/h6-7,9-12,17,22H,4-5,8H2,1-3H3,(H,25,27). The first kappa shape index (κ1) is 21.5. The first-order valence-electron chi connectivity index (χ1n) is 9.61. The SMILES string of the molecule is COc1ccc(NC(=O)C(=O)N2CCCC2c2cc(C)cc(C)c2)cc1OC(F)F. The third kappa shape index (κ3) is 4.87. The average Bonchev–Trinajstić information content (AvgIpc) is 3.16. The molecule has 0 bridgehead atoms. The average molecular weight is 418 g/mol. The van der Waals surface area contributed by atoms with Gasteiger partial charge >= 0.3 is 18.4 Å². The van der Waals surface area contributed by atoms with Gasteiger partial charge in [-0.25, -0.2) is 0 Å². The molecule has 3 rings (SSSR count). The van der Waals surface area contributed by atoms with Gasteiger partial charge in [-0.05, 0) is 44.4 Å². The molecule has 6 nitrogen and oxygen atoms in total. The van der Waals surface area contributed by atoms with Crippen molar-refractivity contribution in [2.24, 2.45) is 0 Å². The van der Waals surface area contributed by atoms with Crippen molar-refractivity contribution >= 4 is 17.5 Å². The Morgan fingerprint density at radius 3 is 2.43 bits per heavy atom. The number of anilines is 1. The Hall–Kier alpha value is -3.16. The van der Waals surface area contributed by atoms with E-state index in [-0.39, 0.29) is 23.2 Å². The Morgan fingerprint density at radius 1 is 1.10 bits per heavy atom. The molecule has 1 aliphatic rings. The van der Waals surface area contributed by atoms with Gasteiger partial charge in [0.1, 0.15) is 0 Å². The van der Waals surface area contributed by atoms with Gasteiger partial charge in [-0.15, -0.1) is 0 Å². The Labute approximate surface area is 173 Å². The van der Waals surface area contributed by atoms with E-state index >= 15 is 0 Å². The topological polar surface area (TPSA) is 67.9 Å². The number of carbonyl (C=O) groups is 2. The summed E-state index contributed by atoms with van der Waals surface area (Å²) in [6.45, 7) is 1.42. The Morgan fingerprint density at radius 2 is 1.80 bits per heavy atom. The van der Waals surface area contributed by atoms with Crippen LogP contribution in [-0.4, -0.2) is 37.0 Å². The molecule has 1 N–H and O–H groups in total. The monoisotopic (exact) mass is 418 g/mol. The largest absolute Gasteiger partial charge is 0.493 e. The minimum Gasteiger partial charge on any atom is -0.493 e. The number of carbonyl (C=O) groups excluding carboxylic acids is 2. The third-order valence-electron chi connectivity index (χ3n) is 4.97. The van der Waals surface area contributed by atoms with Crippen molar-refractivity contribution in [2.45, 2.75) is 39.3 Å². The normalized spacial score (nSPS) is 15.9. The summed E-state index contributed by atoms with van der Waals surface area (Å²) in [4.78, 5) is 27.0. The highest BCUT2D eigenvalue weighted by atomic mass is 19.3. The predicted octanol–water partition coefficient (Wildman–Crippen LogP) is 4.22. The van der Waals surface area contributed by atoms with Gasteiger partial charge in [-0.1, -0.05) is 29.3 Å². The lowest BCUT2D eigenvalue weighted by atomic mass is 9.99. The zero-order valence-corrected chi connectivity index (χ0v) is 17.1. The van der Waals surface area contributed by atoms with Crippen molar-refractivity contribution in [3.05, 3.63) is 53.1 Å². The van der Waals surface area contributed by atoms with Gasteiger partial charge in [0, 0.05) is 18.3 Å². The minimum absolute atomic E-state index is 0.0917. The number of rotatable bonds is 5. The van der Waals surface area contributed by atoms with Gasteiger partial charge in [-0.2, -0.15) is 8.78 Å². The molecular weight excluding hydrogens is 394 g/mol. The lowest BCUT2D eigenvalue weighted by molar-refractivity contribution is -0.143. The molecule has 1 saturated heterocycles. The van der Waals surface area contributed by atoms with E-state index in [4.69, 9.17) is 4.74 Å². The van der Waals surface area contributed by atoms with Crippen molar-refractivity contribution in [1.29, 1.82) is 0 Å². The van der Waals surface area contributed by atoms with Crippen LogP contribution >= 0.6 is 0 Å². The van der Waals surface area contributed by atoms with Crippen LogP contribution in [0.5, 0.6) is 11.5 Å². The molecule has 160 valence electrons. The van der Waals surface area contributed by atoms with E-state index in [1.54, 1.807) is 4.90 Å². The second kappa shape index (κ2) is 9.11. The number of amides is 2. The van der Waals surface area contributed by atoms with E-state index in [9.17, 15) is 18.4 Å². The van der Waals surface area contributed by atoms with Crippen molar-refractivity contribution in [3.63, 3.8) is 0 Å². The fraction of sp³-hybridized carbons (Fsp3) is 0.364. The number of ether oxygens (including phenoxy) is 2. The summed E-state index contributed by atoms with van der Waals surface area (Å²) < 4.78 is 34.6. The highest BCUT2D eigenvalue weighted by molar-refractivity contribution is 6.39. The molecule has 0 spiro atoms. The van der Waals surface area contributed by atoms with Crippen LogP contribution in [0.25, 0.3) is 0 Å². The number of nitrogens with one attached hydrogen (secondary N) is 1. The zero-order valence-electron chi connectivity index (χ0n) is 17.1. The maximum absolute atomic E-state index is 12.8. The maximum atomic E-state index is 12.8. The highest BCUT2D eigenvalue weighted by Crippen LogP contribution is 2.34. The second-order valence-electron chi connectivity index (χ2n) is 7.28. The van der Waals surface area contributed by atoms with Crippen molar-refractivity contribution in [2.75, 3.05) is 19.0 Å². The van der Waals surface area contributed by atoms with E-state index in [0.29, 0.717) is 6.54 Å². The Bertz CT molecular complexity index is 928. The van der Waals surface area contributed by atoms with Crippen LogP contribution in [-0.2, 0) is 9.59 Å². The highest BCUT2D eigenvalue weighted by Gasteiger charge is 2.33. The summed E-state index contributed by atoms with van der Waals surface area (Å²) in [5.74, 6) is -1.63. The summed E-state index contributed by atoms with van der Waals surface area (Å²) >= 11 is 0. The van der Waals surface area contributed by atoms with Crippen molar-refractivity contribution < 1.29 is 27.8 Å². The summed E-state index contributed by atoms with van der Waals surface area (Å²) in [6, 6.07) is 9.97. The minimum atomic E-state index is -3.05. The zero-order chi connectivity index (χ0) is 21.8. The number of likely N-dealkylation sites (tertiary alicyclic amines) is 1. The molecule has 8 heteroatoms. The Kier molecular flexibility index (Phi) is 6.54. The van der Waals surface area contributed by atoms with Gasteiger partial charge in [0.2, 0.25) is 0 Å². The quantitative estimate of drug-likeness (QED) is 0.739. The molecule has 0 aromatic heterocycles. The fourth-order valence-corrected chi connectivity index (χ4v) is 3.82. The molecule has 1 fully saturated rings. The van der Waals surface area contributed by atoms with Gasteiger partial charge in [0.05, 0.1) is 13.2 Å².